The Morgan fingerprint density at radius 2 is 1.56 bits per heavy atom. The van der Waals surface area contributed by atoms with E-state index in [2.05, 4.69) is 21.2 Å². The molecule has 1 amide bonds. The molecule has 0 radical (unpaired) electrons. The van der Waals surface area contributed by atoms with Crippen LogP contribution in [0.2, 0.25) is 0 Å². The molecule has 1 aliphatic rings. The van der Waals surface area contributed by atoms with Crippen molar-refractivity contribution in [1.82, 2.24) is 4.31 Å². The van der Waals surface area contributed by atoms with E-state index in [0.717, 1.165) is 35.7 Å². The highest BCUT2D eigenvalue weighted by Crippen LogP contribution is 2.42. The molecule has 0 spiro atoms. The molecule has 0 aliphatic heterocycles. The Hall–Kier alpha value is -1.70. The third kappa shape index (κ3) is 3.95. The Kier molecular flexibility index (Phi) is 5.74. The SMILES string of the molecule is CN(C)S(=O)(=O)c1ccc(NC(=O)C2(c3ccc(Br)cc3)CCCC2)cc1. The number of hydrogen-bond donors (Lipinski definition) is 1. The smallest absolute Gasteiger partial charge is 0.242 e. The Labute approximate surface area is 169 Å². The van der Waals surface area contributed by atoms with Crippen molar-refractivity contribution in [2.24, 2.45) is 0 Å². The number of rotatable bonds is 5. The van der Waals surface area contributed by atoms with Crippen molar-refractivity contribution in [2.45, 2.75) is 36.0 Å². The van der Waals surface area contributed by atoms with Gasteiger partial charge in [-0.1, -0.05) is 40.9 Å². The second kappa shape index (κ2) is 7.73. The monoisotopic (exact) mass is 450 g/mol. The lowest BCUT2D eigenvalue weighted by atomic mass is 9.78. The van der Waals surface area contributed by atoms with Gasteiger partial charge in [-0.25, -0.2) is 12.7 Å². The molecule has 0 bridgehead atoms. The summed E-state index contributed by atoms with van der Waals surface area (Å²) in [5.74, 6) is -0.0365. The topological polar surface area (TPSA) is 66.5 Å². The third-order valence-electron chi connectivity index (χ3n) is 5.18. The number of hydrogen-bond acceptors (Lipinski definition) is 3. The lowest BCUT2D eigenvalue weighted by molar-refractivity contribution is -0.121. The average molecular weight is 451 g/mol. The number of carbonyl (C=O) groups is 1. The number of sulfonamides is 1. The minimum absolute atomic E-state index is 0.0365. The van der Waals surface area contributed by atoms with Gasteiger partial charge in [0.1, 0.15) is 0 Å². The van der Waals surface area contributed by atoms with Crippen LogP contribution in [0.4, 0.5) is 5.69 Å². The first-order valence-electron chi connectivity index (χ1n) is 8.86. The second-order valence-electron chi connectivity index (χ2n) is 7.06. The maximum absolute atomic E-state index is 13.2. The molecular weight excluding hydrogens is 428 g/mol. The minimum Gasteiger partial charge on any atom is -0.325 e. The van der Waals surface area contributed by atoms with E-state index in [4.69, 9.17) is 0 Å². The quantitative estimate of drug-likeness (QED) is 0.743. The highest BCUT2D eigenvalue weighted by Gasteiger charge is 2.42. The molecule has 1 aliphatic carbocycles. The van der Waals surface area contributed by atoms with E-state index in [1.165, 1.54) is 30.5 Å². The molecule has 2 aromatic rings. The molecule has 3 rings (SSSR count). The maximum Gasteiger partial charge on any atom is 0.242 e. The lowest BCUT2D eigenvalue weighted by Crippen LogP contribution is -2.38. The van der Waals surface area contributed by atoms with Crippen LogP contribution >= 0.6 is 15.9 Å². The first-order valence-corrected chi connectivity index (χ1v) is 11.1. The fourth-order valence-corrected chi connectivity index (χ4v) is 4.73. The number of benzene rings is 2. The van der Waals surface area contributed by atoms with Gasteiger partial charge in [0, 0.05) is 24.3 Å². The Balaban J connectivity index is 1.84. The van der Waals surface area contributed by atoms with E-state index in [0.29, 0.717) is 5.69 Å². The van der Waals surface area contributed by atoms with Gasteiger partial charge in [0.2, 0.25) is 15.9 Å². The summed E-state index contributed by atoms with van der Waals surface area (Å²) >= 11 is 3.44. The predicted octanol–water partition coefficient (Wildman–Crippen LogP) is 4.15. The first-order chi connectivity index (χ1) is 12.8. The van der Waals surface area contributed by atoms with Crippen molar-refractivity contribution in [3.63, 3.8) is 0 Å². The molecule has 5 nitrogen and oxygen atoms in total. The van der Waals surface area contributed by atoms with Crippen molar-refractivity contribution in [3.8, 4) is 0 Å². The van der Waals surface area contributed by atoms with Gasteiger partial charge in [0.15, 0.2) is 0 Å². The average Bonchev–Trinajstić information content (AvgIpc) is 3.14. The lowest BCUT2D eigenvalue weighted by Gasteiger charge is -2.28. The molecule has 0 saturated heterocycles. The van der Waals surface area contributed by atoms with Gasteiger partial charge >= 0.3 is 0 Å². The Bertz CT molecular complexity index is 917. The molecule has 7 heteroatoms. The Morgan fingerprint density at radius 3 is 2.07 bits per heavy atom. The summed E-state index contributed by atoms with van der Waals surface area (Å²) in [7, 11) is -0.494. The zero-order chi connectivity index (χ0) is 19.7. The zero-order valence-electron chi connectivity index (χ0n) is 15.4. The van der Waals surface area contributed by atoms with Crippen LogP contribution in [-0.4, -0.2) is 32.7 Å². The number of nitrogens with zero attached hydrogens (tertiary/aromatic N) is 1. The normalized spacial score (nSPS) is 16.4. The summed E-state index contributed by atoms with van der Waals surface area (Å²) in [6, 6.07) is 14.2. The van der Waals surface area contributed by atoms with Crippen molar-refractivity contribution >= 4 is 37.5 Å². The molecule has 144 valence electrons. The van der Waals surface area contributed by atoms with Gasteiger partial charge in [0.25, 0.3) is 0 Å². The van der Waals surface area contributed by atoms with Gasteiger partial charge in [-0.05, 0) is 54.8 Å². The minimum atomic E-state index is -3.48. The van der Waals surface area contributed by atoms with E-state index < -0.39 is 15.4 Å². The summed E-state index contributed by atoms with van der Waals surface area (Å²) in [6.07, 6.45) is 3.66. The van der Waals surface area contributed by atoms with Gasteiger partial charge in [-0.2, -0.15) is 0 Å². The van der Waals surface area contributed by atoms with Gasteiger partial charge in [-0.3, -0.25) is 4.79 Å². The van der Waals surface area contributed by atoms with Crippen LogP contribution in [0.5, 0.6) is 0 Å². The van der Waals surface area contributed by atoms with Crippen molar-refractivity contribution in [2.75, 3.05) is 19.4 Å². The maximum atomic E-state index is 13.2. The van der Waals surface area contributed by atoms with Crippen molar-refractivity contribution in [1.29, 1.82) is 0 Å². The Morgan fingerprint density at radius 1 is 1.00 bits per heavy atom. The fraction of sp³-hybridized carbons (Fsp3) is 0.350. The van der Waals surface area contributed by atoms with Crippen LogP contribution in [0.25, 0.3) is 0 Å². The van der Waals surface area contributed by atoms with Crippen LogP contribution < -0.4 is 5.32 Å². The molecule has 0 unspecified atom stereocenters. The van der Waals surface area contributed by atoms with E-state index in [1.807, 2.05) is 24.3 Å². The highest BCUT2D eigenvalue weighted by atomic mass is 79.9. The molecule has 1 fully saturated rings. The van der Waals surface area contributed by atoms with E-state index >= 15 is 0 Å². The second-order valence-corrected chi connectivity index (χ2v) is 10.1. The number of carbonyl (C=O) groups excluding carboxylic acids is 1. The molecule has 0 aromatic heterocycles. The number of halogens is 1. The van der Waals surface area contributed by atoms with Crippen LogP contribution in [0.3, 0.4) is 0 Å². The molecule has 1 N–H and O–H groups in total. The van der Waals surface area contributed by atoms with E-state index in [-0.39, 0.29) is 10.8 Å². The van der Waals surface area contributed by atoms with Gasteiger partial charge < -0.3 is 5.32 Å². The fourth-order valence-electron chi connectivity index (χ4n) is 3.57. The van der Waals surface area contributed by atoms with Crippen molar-refractivity contribution < 1.29 is 13.2 Å². The molecule has 0 atom stereocenters. The predicted molar refractivity (Wildman–Crippen MR) is 110 cm³/mol. The summed E-state index contributed by atoms with van der Waals surface area (Å²) in [5, 5.41) is 2.99. The third-order valence-corrected chi connectivity index (χ3v) is 7.54. The molecule has 0 heterocycles. The van der Waals surface area contributed by atoms with E-state index in [1.54, 1.807) is 12.1 Å². The highest BCUT2D eigenvalue weighted by molar-refractivity contribution is 9.10. The first kappa shape index (κ1) is 20.0. The molecular formula is C20H23BrN2O3S. The summed E-state index contributed by atoms with van der Waals surface area (Å²) < 4.78 is 26.5. The molecule has 1 saturated carbocycles. The molecule has 2 aromatic carbocycles. The largest absolute Gasteiger partial charge is 0.325 e. The number of amides is 1. The number of nitrogens with one attached hydrogen (secondary N) is 1. The van der Waals surface area contributed by atoms with Crippen LogP contribution in [0.15, 0.2) is 57.9 Å². The summed E-state index contributed by atoms with van der Waals surface area (Å²) in [5.41, 5.74) is 1.09. The zero-order valence-corrected chi connectivity index (χ0v) is 17.8. The standard InChI is InChI=1S/C20H23BrN2O3S/c1-23(2)27(25,26)18-11-9-17(10-12-18)22-19(24)20(13-3-4-14-20)15-5-7-16(21)8-6-15/h5-12H,3-4,13-14H2,1-2H3,(H,22,24). The van der Waals surface area contributed by atoms with E-state index in [9.17, 15) is 13.2 Å². The molecule has 27 heavy (non-hydrogen) atoms. The summed E-state index contributed by atoms with van der Waals surface area (Å²) in [4.78, 5) is 13.4. The van der Waals surface area contributed by atoms with Crippen LogP contribution in [0, 0.1) is 0 Å². The van der Waals surface area contributed by atoms with Crippen LogP contribution in [-0.2, 0) is 20.2 Å². The number of anilines is 1. The van der Waals surface area contributed by atoms with Crippen molar-refractivity contribution in [3.05, 3.63) is 58.6 Å². The van der Waals surface area contributed by atoms with Gasteiger partial charge in [-0.15, -0.1) is 0 Å². The van der Waals surface area contributed by atoms with Gasteiger partial charge in [0.05, 0.1) is 10.3 Å². The van der Waals surface area contributed by atoms with Crippen LogP contribution in [0.1, 0.15) is 31.2 Å². The summed E-state index contributed by atoms with van der Waals surface area (Å²) in [6.45, 7) is 0.